The van der Waals surface area contributed by atoms with Crippen LogP contribution in [0.5, 0.6) is 0 Å². The topological polar surface area (TPSA) is 85.4 Å². The fourth-order valence-electron chi connectivity index (χ4n) is 4.11. The van der Waals surface area contributed by atoms with Crippen LogP contribution in [-0.2, 0) is 17.8 Å². The average Bonchev–Trinajstić information content (AvgIpc) is 3.46. The third-order valence-electron chi connectivity index (χ3n) is 5.79. The van der Waals surface area contributed by atoms with Gasteiger partial charge >= 0.3 is 0 Å². The second-order valence-electron chi connectivity index (χ2n) is 7.83. The number of thiophene rings is 1. The summed E-state index contributed by atoms with van der Waals surface area (Å²) in [7, 11) is 0. The van der Waals surface area contributed by atoms with Gasteiger partial charge in [0.2, 0.25) is 0 Å². The van der Waals surface area contributed by atoms with E-state index in [1.807, 2.05) is 36.5 Å². The van der Waals surface area contributed by atoms with Gasteiger partial charge in [0.05, 0.1) is 4.88 Å². The van der Waals surface area contributed by atoms with Crippen LogP contribution in [-0.4, -0.2) is 33.5 Å². The lowest BCUT2D eigenvalue weighted by atomic mass is 9.99. The van der Waals surface area contributed by atoms with Crippen LogP contribution in [0, 0.1) is 5.82 Å². The van der Waals surface area contributed by atoms with Gasteiger partial charge in [-0.2, -0.15) is 0 Å². The number of carbonyl (C=O) groups is 2. The van der Waals surface area contributed by atoms with Crippen molar-refractivity contribution < 1.29 is 19.2 Å². The summed E-state index contributed by atoms with van der Waals surface area (Å²) >= 11 is 1.32. The van der Waals surface area contributed by atoms with Crippen LogP contribution < -0.4 is 5.48 Å². The van der Waals surface area contributed by atoms with Gasteiger partial charge in [-0.1, -0.05) is 30.3 Å². The van der Waals surface area contributed by atoms with Crippen molar-refractivity contribution in [2.24, 2.45) is 0 Å². The average molecular weight is 462 g/mol. The Bertz CT molecular complexity index is 1390. The summed E-state index contributed by atoms with van der Waals surface area (Å²) in [5.74, 6) is -1.09. The third-order valence-corrected chi connectivity index (χ3v) is 7.02. The number of H-pyrrole nitrogens is 1. The molecule has 5 rings (SSSR count). The molecule has 0 saturated carbocycles. The molecule has 0 spiro atoms. The summed E-state index contributed by atoms with van der Waals surface area (Å²) in [6.07, 6.45) is 4.31. The predicted molar refractivity (Wildman–Crippen MR) is 125 cm³/mol. The molecule has 0 radical (unpaired) electrons. The molecule has 2 aromatic carbocycles. The van der Waals surface area contributed by atoms with Crippen molar-refractivity contribution in [2.45, 2.75) is 13.0 Å². The molecule has 2 amide bonds. The van der Waals surface area contributed by atoms with E-state index in [1.165, 1.54) is 23.5 Å². The minimum atomic E-state index is -0.557. The molecular formula is C25H20FN3O3S. The maximum atomic E-state index is 13.7. The summed E-state index contributed by atoms with van der Waals surface area (Å²) in [4.78, 5) is 31.9. The fraction of sp³-hybridized carbons (Fsp3) is 0.120. The molecule has 4 aromatic rings. The number of hydroxylamine groups is 1. The van der Waals surface area contributed by atoms with E-state index >= 15 is 0 Å². The number of amides is 2. The summed E-state index contributed by atoms with van der Waals surface area (Å²) in [6.45, 7) is 0.856. The van der Waals surface area contributed by atoms with Crippen molar-refractivity contribution in [2.75, 3.05) is 6.54 Å². The highest BCUT2D eigenvalue weighted by Crippen LogP contribution is 2.31. The quantitative estimate of drug-likeness (QED) is 0.236. The van der Waals surface area contributed by atoms with Gasteiger partial charge in [-0.05, 0) is 47.9 Å². The van der Waals surface area contributed by atoms with Gasteiger partial charge in [0, 0.05) is 46.2 Å². The number of fused-ring (bicyclic) bond motifs is 2. The molecule has 33 heavy (non-hydrogen) atoms. The fourth-order valence-corrected chi connectivity index (χ4v) is 5.16. The lowest BCUT2D eigenvalue weighted by Gasteiger charge is -2.28. The second kappa shape index (κ2) is 8.65. The van der Waals surface area contributed by atoms with Gasteiger partial charge in [-0.25, -0.2) is 9.87 Å². The number of hydrogen-bond donors (Lipinski definition) is 3. The molecule has 166 valence electrons. The van der Waals surface area contributed by atoms with Gasteiger partial charge in [0.1, 0.15) is 5.82 Å². The van der Waals surface area contributed by atoms with Gasteiger partial charge < -0.3 is 9.88 Å². The molecule has 1 aliphatic heterocycles. The van der Waals surface area contributed by atoms with E-state index < -0.39 is 5.91 Å². The number of nitrogens with zero attached hydrogens (tertiary/aromatic N) is 1. The first-order chi connectivity index (χ1) is 16.0. The number of hydrogen-bond acceptors (Lipinski definition) is 4. The zero-order chi connectivity index (χ0) is 22.9. The highest BCUT2D eigenvalue weighted by molar-refractivity contribution is 7.14. The van der Waals surface area contributed by atoms with Gasteiger partial charge in [-0.3, -0.25) is 14.8 Å². The molecule has 0 bridgehead atoms. The van der Waals surface area contributed by atoms with Gasteiger partial charge in [0.15, 0.2) is 0 Å². The molecule has 2 aromatic heterocycles. The number of rotatable bonds is 4. The molecule has 0 unspecified atom stereocenters. The first-order valence-corrected chi connectivity index (χ1v) is 11.2. The monoisotopic (exact) mass is 461 g/mol. The first-order valence-electron chi connectivity index (χ1n) is 10.4. The van der Waals surface area contributed by atoms with Gasteiger partial charge in [-0.15, -0.1) is 11.3 Å². The van der Waals surface area contributed by atoms with Crippen LogP contribution in [0.4, 0.5) is 4.39 Å². The van der Waals surface area contributed by atoms with E-state index in [0.29, 0.717) is 35.5 Å². The molecule has 6 nitrogen and oxygen atoms in total. The summed E-state index contributed by atoms with van der Waals surface area (Å²) < 4.78 is 13.6. The Morgan fingerprint density at radius 2 is 1.94 bits per heavy atom. The van der Waals surface area contributed by atoms with E-state index in [-0.39, 0.29) is 11.7 Å². The number of aromatic nitrogens is 1. The Morgan fingerprint density at radius 3 is 2.73 bits per heavy atom. The largest absolute Gasteiger partial charge is 0.361 e. The molecular weight excluding hydrogens is 441 g/mol. The number of aromatic amines is 1. The van der Waals surface area contributed by atoms with Crippen molar-refractivity contribution >= 4 is 45.7 Å². The smallest absolute Gasteiger partial charge is 0.284 e. The summed E-state index contributed by atoms with van der Waals surface area (Å²) in [5, 5.41) is 9.90. The minimum absolute atomic E-state index is 0.170. The lowest BCUT2D eigenvalue weighted by molar-refractivity contribution is -0.125. The maximum Gasteiger partial charge on any atom is 0.284 e. The van der Waals surface area contributed by atoms with E-state index in [2.05, 4.69) is 4.98 Å². The first kappa shape index (κ1) is 21.1. The van der Waals surface area contributed by atoms with Crippen LogP contribution in [0.3, 0.4) is 0 Å². The molecule has 0 atom stereocenters. The number of para-hydroxylation sites is 1. The highest BCUT2D eigenvalue weighted by atomic mass is 32.1. The Balaban J connectivity index is 1.52. The van der Waals surface area contributed by atoms with Crippen LogP contribution in [0.1, 0.15) is 31.2 Å². The molecule has 8 heteroatoms. The number of nitrogens with one attached hydrogen (secondary N) is 2. The zero-order valence-electron chi connectivity index (χ0n) is 17.5. The third kappa shape index (κ3) is 4.06. The van der Waals surface area contributed by atoms with Gasteiger partial charge in [0.25, 0.3) is 11.8 Å². The SMILES string of the molecule is O=C(NO)c1cc2c(s1)CCN(C(=O)/C(=C\c1c[nH]c3ccccc13)c1ccc(F)cc1)C2. The minimum Gasteiger partial charge on any atom is -0.361 e. The predicted octanol–water partition coefficient (Wildman–Crippen LogP) is 4.61. The van der Waals surface area contributed by atoms with Crippen molar-refractivity contribution in [3.05, 3.63) is 93.1 Å². The Morgan fingerprint density at radius 1 is 1.15 bits per heavy atom. The van der Waals surface area contributed by atoms with E-state index in [0.717, 1.165) is 26.9 Å². The Labute approximate surface area is 192 Å². The Kier molecular flexibility index (Phi) is 5.53. The van der Waals surface area contributed by atoms with Crippen molar-refractivity contribution in [3.63, 3.8) is 0 Å². The van der Waals surface area contributed by atoms with E-state index in [4.69, 9.17) is 5.21 Å². The molecule has 1 aliphatic rings. The van der Waals surface area contributed by atoms with Crippen molar-refractivity contribution in [1.82, 2.24) is 15.4 Å². The van der Waals surface area contributed by atoms with Crippen molar-refractivity contribution in [3.8, 4) is 0 Å². The maximum absolute atomic E-state index is 13.7. The standard InChI is InChI=1S/C25H20FN3O3S/c26-18-7-5-15(6-8-18)20(11-16-13-27-21-4-2-1-3-19(16)21)25(31)29-10-9-22-17(14-29)12-23(33-22)24(30)28-32/h1-8,11-13,27,32H,9-10,14H2,(H,28,30)/b20-11-. The van der Waals surface area contributed by atoms with Crippen LogP contribution in [0.15, 0.2) is 60.8 Å². The second-order valence-corrected chi connectivity index (χ2v) is 8.97. The molecule has 0 fully saturated rings. The van der Waals surface area contributed by atoms with Crippen LogP contribution in [0.25, 0.3) is 22.6 Å². The highest BCUT2D eigenvalue weighted by Gasteiger charge is 2.27. The normalized spacial score (nSPS) is 13.8. The van der Waals surface area contributed by atoms with Crippen molar-refractivity contribution in [1.29, 1.82) is 0 Å². The lowest BCUT2D eigenvalue weighted by Crippen LogP contribution is -2.35. The molecule has 0 aliphatic carbocycles. The van der Waals surface area contributed by atoms with E-state index in [1.54, 1.807) is 28.6 Å². The number of carbonyl (C=O) groups excluding carboxylic acids is 2. The molecule has 3 heterocycles. The van der Waals surface area contributed by atoms with Crippen LogP contribution in [0.2, 0.25) is 0 Å². The van der Waals surface area contributed by atoms with E-state index in [9.17, 15) is 14.0 Å². The number of halogens is 1. The zero-order valence-corrected chi connectivity index (χ0v) is 18.3. The summed E-state index contributed by atoms with van der Waals surface area (Å²) in [5.41, 5.74) is 5.47. The van der Waals surface area contributed by atoms with Crippen LogP contribution >= 0.6 is 11.3 Å². The number of benzene rings is 2. The Hall–Kier alpha value is -3.75. The summed E-state index contributed by atoms with van der Waals surface area (Å²) in [6, 6.07) is 15.5. The molecule has 0 saturated heterocycles. The molecule has 3 N–H and O–H groups in total.